The van der Waals surface area contributed by atoms with Crippen LogP contribution in [0.3, 0.4) is 0 Å². The van der Waals surface area contributed by atoms with E-state index in [1.54, 1.807) is 20.8 Å². The van der Waals surface area contributed by atoms with Crippen LogP contribution in [0.25, 0.3) is 10.2 Å². The number of aromatic nitrogens is 1. The maximum absolute atomic E-state index is 13.3. The zero-order chi connectivity index (χ0) is 27.1. The predicted molar refractivity (Wildman–Crippen MR) is 140 cm³/mol. The molecule has 2 fully saturated rings. The number of rotatable bonds is 2. The van der Waals surface area contributed by atoms with Gasteiger partial charge in [0.2, 0.25) is 0 Å². The van der Waals surface area contributed by atoms with Crippen molar-refractivity contribution in [2.45, 2.75) is 103 Å². The van der Waals surface area contributed by atoms with E-state index in [-0.39, 0.29) is 36.4 Å². The molecule has 2 saturated heterocycles. The van der Waals surface area contributed by atoms with Crippen LogP contribution in [-0.2, 0) is 25.7 Å². The van der Waals surface area contributed by atoms with Crippen LogP contribution in [0.2, 0.25) is 0 Å². The second-order valence-electron chi connectivity index (χ2n) is 11.6. The number of ether oxygens (including phenoxy) is 2. The fraction of sp³-hybridized carbons (Fsp3) is 0.679. The van der Waals surface area contributed by atoms with E-state index in [0.717, 1.165) is 35.0 Å². The normalized spacial score (nSPS) is 35.7. The lowest BCUT2D eigenvalue weighted by atomic mass is 9.73. The van der Waals surface area contributed by atoms with E-state index in [1.807, 2.05) is 25.1 Å². The molecule has 0 spiro atoms. The first-order valence-corrected chi connectivity index (χ1v) is 14.0. The van der Waals surface area contributed by atoms with E-state index in [0.29, 0.717) is 11.4 Å². The number of aliphatic hydroxyl groups excluding tert-OH is 3. The largest absolute Gasteiger partial charge is 0.457 e. The van der Waals surface area contributed by atoms with Gasteiger partial charge in [0.15, 0.2) is 0 Å². The first-order valence-electron chi connectivity index (χ1n) is 13.1. The van der Waals surface area contributed by atoms with Crippen LogP contribution in [0, 0.1) is 17.3 Å². The first-order chi connectivity index (χ1) is 17.4. The molecule has 9 heteroatoms. The Balaban J connectivity index is 1.62. The number of esters is 1. The Morgan fingerprint density at radius 1 is 1.16 bits per heavy atom. The van der Waals surface area contributed by atoms with Gasteiger partial charge in [-0.05, 0) is 43.4 Å². The van der Waals surface area contributed by atoms with Gasteiger partial charge >= 0.3 is 5.97 Å². The van der Waals surface area contributed by atoms with Crippen molar-refractivity contribution >= 4 is 33.3 Å². The Morgan fingerprint density at radius 2 is 1.89 bits per heavy atom. The summed E-state index contributed by atoms with van der Waals surface area (Å²) in [5.74, 6) is -1.65. The number of benzene rings is 1. The number of carbonyl (C=O) groups excluding carboxylic acids is 2. The number of fused-ring (bicyclic) bond motifs is 2. The number of thiazole rings is 1. The van der Waals surface area contributed by atoms with Crippen LogP contribution >= 0.6 is 11.3 Å². The molecule has 0 radical (unpaired) electrons. The Morgan fingerprint density at radius 3 is 2.59 bits per heavy atom. The number of Topliss-reactive ketones (excluding diaryl/α,β-unsaturated/α-hetero) is 1. The van der Waals surface area contributed by atoms with Gasteiger partial charge in [0.25, 0.3) is 0 Å². The summed E-state index contributed by atoms with van der Waals surface area (Å²) in [6.45, 7) is 8.77. The lowest BCUT2D eigenvalue weighted by molar-refractivity contribution is -0.156. The van der Waals surface area contributed by atoms with E-state index < -0.39 is 35.6 Å². The quantitative estimate of drug-likeness (QED) is 0.389. The maximum Gasteiger partial charge on any atom is 0.309 e. The van der Waals surface area contributed by atoms with Crippen LogP contribution in [0.15, 0.2) is 18.2 Å². The highest BCUT2D eigenvalue weighted by molar-refractivity contribution is 7.18. The van der Waals surface area contributed by atoms with Gasteiger partial charge in [-0.15, -0.1) is 11.3 Å². The molecule has 0 aliphatic carbocycles. The first kappa shape index (κ1) is 28.1. The number of nitrogens with zero attached hydrogens (tertiary/aromatic N) is 1. The van der Waals surface area contributed by atoms with Crippen LogP contribution in [0.4, 0.5) is 0 Å². The van der Waals surface area contributed by atoms with Crippen molar-refractivity contribution in [1.82, 2.24) is 4.98 Å². The Labute approximate surface area is 222 Å². The zero-order valence-electron chi connectivity index (χ0n) is 22.3. The number of cyclic esters (lactones) is 1. The van der Waals surface area contributed by atoms with Crippen LogP contribution in [0.1, 0.15) is 83.4 Å². The lowest BCUT2D eigenvalue weighted by Gasteiger charge is -2.34. The van der Waals surface area contributed by atoms with E-state index in [9.17, 15) is 24.9 Å². The van der Waals surface area contributed by atoms with Crippen molar-refractivity contribution in [2.24, 2.45) is 17.3 Å². The van der Waals surface area contributed by atoms with Gasteiger partial charge in [-0.2, -0.15) is 0 Å². The molecule has 4 rings (SSSR count). The molecule has 0 bridgehead atoms. The van der Waals surface area contributed by atoms with Crippen molar-refractivity contribution in [3.8, 4) is 0 Å². The Bertz CT molecular complexity index is 1150. The third kappa shape index (κ3) is 5.91. The number of hydrogen-bond acceptors (Lipinski definition) is 9. The number of hydrogen-bond donors (Lipinski definition) is 3. The monoisotopic (exact) mass is 533 g/mol. The summed E-state index contributed by atoms with van der Waals surface area (Å²) in [4.78, 5) is 30.8. The van der Waals surface area contributed by atoms with E-state index in [2.05, 4.69) is 11.9 Å². The molecule has 0 saturated carbocycles. The standard InChI is InChI=1S/C28H39NO7S/c1-15-7-6-10-28(5)22(36-28)12-19(17-8-9-20-18(11-17)29-23(14-30)37-20)35-24(32)13-21(31)27(3,4)26(34)16(2)25(15)33/h8-9,11,15-16,19,21-22,25,30-31,33H,6-7,10,12-14H2,1-5H3/t15?,16?,19-,21?,22-,25-,28+/m0/s1. The van der Waals surface area contributed by atoms with Gasteiger partial charge in [-0.3, -0.25) is 9.59 Å². The van der Waals surface area contributed by atoms with E-state index in [1.165, 1.54) is 11.3 Å². The third-order valence-corrected chi connectivity index (χ3v) is 9.39. The van der Waals surface area contributed by atoms with Gasteiger partial charge in [0, 0.05) is 12.3 Å². The molecule has 2 aromatic rings. The molecule has 1 aromatic heterocycles. The number of epoxide rings is 1. The van der Waals surface area contributed by atoms with Gasteiger partial charge in [-0.25, -0.2) is 4.98 Å². The molecule has 8 nitrogen and oxygen atoms in total. The average molecular weight is 534 g/mol. The summed E-state index contributed by atoms with van der Waals surface area (Å²) < 4.78 is 12.9. The Kier molecular flexibility index (Phi) is 8.12. The van der Waals surface area contributed by atoms with Crippen LogP contribution in [-0.4, -0.2) is 56.0 Å². The predicted octanol–water partition coefficient (Wildman–Crippen LogP) is 4.08. The van der Waals surface area contributed by atoms with Crippen molar-refractivity contribution < 1.29 is 34.4 Å². The SMILES string of the molecule is CC1CCC[C@@]2(C)O[C@H]2C[C@@H](c2ccc3sc(CO)nc3c2)OC(=O)CC(O)C(C)(C)C(=O)C(C)[C@H]1O. The molecule has 3 N–H and O–H groups in total. The van der Waals surface area contributed by atoms with Gasteiger partial charge in [-0.1, -0.05) is 40.2 Å². The van der Waals surface area contributed by atoms with E-state index >= 15 is 0 Å². The molecule has 2 aliphatic heterocycles. The summed E-state index contributed by atoms with van der Waals surface area (Å²) in [6.07, 6.45) is -0.312. The maximum atomic E-state index is 13.3. The van der Waals surface area contributed by atoms with Crippen molar-refractivity contribution in [1.29, 1.82) is 0 Å². The number of aliphatic hydroxyl groups is 3. The minimum absolute atomic E-state index is 0.0908. The smallest absolute Gasteiger partial charge is 0.309 e. The summed E-state index contributed by atoms with van der Waals surface area (Å²) in [5, 5.41) is 31.8. The summed E-state index contributed by atoms with van der Waals surface area (Å²) in [7, 11) is 0. The Hall–Kier alpha value is -1.91. The highest BCUT2D eigenvalue weighted by Crippen LogP contribution is 2.47. The second-order valence-corrected chi connectivity index (χ2v) is 12.7. The van der Waals surface area contributed by atoms with Gasteiger partial charge in [0.05, 0.1) is 52.6 Å². The number of carbonyl (C=O) groups is 2. The second kappa shape index (κ2) is 10.7. The molecule has 37 heavy (non-hydrogen) atoms. The molecular weight excluding hydrogens is 494 g/mol. The molecule has 3 heterocycles. The molecule has 7 atom stereocenters. The highest BCUT2D eigenvalue weighted by Gasteiger charge is 2.53. The molecule has 204 valence electrons. The fourth-order valence-corrected chi connectivity index (χ4v) is 6.29. The van der Waals surface area contributed by atoms with Crippen LogP contribution < -0.4 is 0 Å². The average Bonchev–Trinajstić information content (AvgIpc) is 3.29. The topological polar surface area (TPSA) is 129 Å². The van der Waals surface area contributed by atoms with Crippen LogP contribution in [0.5, 0.6) is 0 Å². The highest BCUT2D eigenvalue weighted by atomic mass is 32.1. The molecule has 2 aliphatic rings. The third-order valence-electron chi connectivity index (χ3n) is 8.37. The lowest BCUT2D eigenvalue weighted by Crippen LogP contribution is -2.45. The summed E-state index contributed by atoms with van der Waals surface area (Å²) in [5.41, 5.74) is -0.0823. The molecule has 3 unspecified atom stereocenters. The van der Waals surface area contributed by atoms with Crippen molar-refractivity contribution in [2.75, 3.05) is 0 Å². The number of ketones is 1. The summed E-state index contributed by atoms with van der Waals surface area (Å²) in [6, 6.07) is 5.67. The zero-order valence-corrected chi connectivity index (χ0v) is 23.1. The van der Waals surface area contributed by atoms with Gasteiger partial charge in [0.1, 0.15) is 16.9 Å². The fourth-order valence-electron chi connectivity index (χ4n) is 5.48. The molecule has 1 aromatic carbocycles. The minimum atomic E-state index is -1.26. The minimum Gasteiger partial charge on any atom is -0.457 e. The molecule has 0 amide bonds. The van der Waals surface area contributed by atoms with Gasteiger partial charge < -0.3 is 24.8 Å². The van der Waals surface area contributed by atoms with E-state index in [4.69, 9.17) is 9.47 Å². The van der Waals surface area contributed by atoms with Crippen molar-refractivity contribution in [3.05, 3.63) is 28.8 Å². The van der Waals surface area contributed by atoms with Crippen molar-refractivity contribution in [3.63, 3.8) is 0 Å². The summed E-state index contributed by atoms with van der Waals surface area (Å²) >= 11 is 1.41. The molecular formula is C28H39NO7S.